The molecule has 2 heteroatoms. The maximum atomic E-state index is 11.1. The van der Waals surface area contributed by atoms with Gasteiger partial charge in [-0.2, -0.15) is 0 Å². The van der Waals surface area contributed by atoms with Gasteiger partial charge in [-0.3, -0.25) is 4.79 Å². The Hall–Kier alpha value is -1.05. The molecule has 0 aliphatic heterocycles. The fourth-order valence-corrected chi connectivity index (χ4v) is 2.31. The summed E-state index contributed by atoms with van der Waals surface area (Å²) >= 11 is 0. The molecule has 2 atom stereocenters. The Balaban J connectivity index is 2.90. The highest BCUT2D eigenvalue weighted by Gasteiger charge is 2.36. The molecule has 0 heterocycles. The fourth-order valence-electron chi connectivity index (χ4n) is 2.31. The Morgan fingerprint density at radius 1 is 1.71 bits per heavy atom. The Labute approximate surface area is 85.3 Å². The number of carbonyl (C=O) groups is 1. The Bertz CT molecular complexity index is 289. The van der Waals surface area contributed by atoms with Gasteiger partial charge in [-0.25, -0.2) is 0 Å². The largest absolute Gasteiger partial charge is 0.481 e. The minimum absolute atomic E-state index is 0.209. The van der Waals surface area contributed by atoms with Gasteiger partial charge in [0.15, 0.2) is 0 Å². The average Bonchev–Trinajstić information content (AvgIpc) is 2.02. The molecule has 0 aromatic carbocycles. The van der Waals surface area contributed by atoms with Crippen LogP contribution in [0.3, 0.4) is 0 Å². The summed E-state index contributed by atoms with van der Waals surface area (Å²) in [6.07, 6.45) is 7.60. The van der Waals surface area contributed by atoms with Gasteiger partial charge >= 0.3 is 5.97 Å². The van der Waals surface area contributed by atoms with Crippen molar-refractivity contribution in [3.8, 4) is 0 Å². The summed E-state index contributed by atoms with van der Waals surface area (Å²) < 4.78 is 0. The standard InChI is InChI=1S/C12H18O2/c1-4-10(11(13)14)12(3)7-5-6-9(2)8-12/h5-7,10H,4,8H2,1-3H3,(H,13,14). The first kappa shape index (κ1) is 11.0. The molecule has 1 rings (SSSR count). The first-order valence-electron chi connectivity index (χ1n) is 5.07. The van der Waals surface area contributed by atoms with Crippen molar-refractivity contribution in [3.63, 3.8) is 0 Å². The van der Waals surface area contributed by atoms with Gasteiger partial charge in [0.25, 0.3) is 0 Å². The highest BCUT2D eigenvalue weighted by Crippen LogP contribution is 2.40. The number of aliphatic carboxylic acids is 1. The monoisotopic (exact) mass is 194 g/mol. The van der Waals surface area contributed by atoms with E-state index >= 15 is 0 Å². The van der Waals surface area contributed by atoms with E-state index in [1.54, 1.807) is 0 Å². The summed E-state index contributed by atoms with van der Waals surface area (Å²) in [7, 11) is 0. The number of hydrogen-bond acceptors (Lipinski definition) is 1. The predicted octanol–water partition coefficient (Wildman–Crippen LogP) is 3.01. The summed E-state index contributed by atoms with van der Waals surface area (Å²) in [4.78, 5) is 11.1. The number of carboxylic acid groups (broad SMARTS) is 1. The molecule has 78 valence electrons. The van der Waals surface area contributed by atoms with Crippen LogP contribution < -0.4 is 0 Å². The van der Waals surface area contributed by atoms with Crippen molar-refractivity contribution in [3.05, 3.63) is 23.8 Å². The second-order valence-electron chi connectivity index (χ2n) is 4.35. The van der Waals surface area contributed by atoms with Crippen LogP contribution >= 0.6 is 0 Å². The lowest BCUT2D eigenvalue weighted by molar-refractivity contribution is -0.145. The van der Waals surface area contributed by atoms with Crippen LogP contribution in [0.2, 0.25) is 0 Å². The molecule has 1 N–H and O–H groups in total. The van der Waals surface area contributed by atoms with Crippen LogP contribution in [-0.4, -0.2) is 11.1 Å². The molecule has 0 amide bonds. The van der Waals surface area contributed by atoms with E-state index < -0.39 is 5.97 Å². The van der Waals surface area contributed by atoms with Crippen LogP contribution in [0, 0.1) is 11.3 Å². The van der Waals surface area contributed by atoms with E-state index in [-0.39, 0.29) is 11.3 Å². The second kappa shape index (κ2) is 3.99. The SMILES string of the molecule is CCC(C(=O)O)C1(C)C=CC=C(C)C1. The maximum absolute atomic E-state index is 11.1. The number of rotatable bonds is 3. The zero-order valence-corrected chi connectivity index (χ0v) is 9.08. The minimum Gasteiger partial charge on any atom is -0.481 e. The fraction of sp³-hybridized carbons (Fsp3) is 0.583. The molecule has 0 saturated heterocycles. The molecule has 0 aromatic heterocycles. The molecule has 2 unspecified atom stereocenters. The summed E-state index contributed by atoms with van der Waals surface area (Å²) in [6.45, 7) is 6.02. The van der Waals surface area contributed by atoms with E-state index in [0.29, 0.717) is 6.42 Å². The van der Waals surface area contributed by atoms with E-state index in [2.05, 4.69) is 13.0 Å². The smallest absolute Gasteiger partial charge is 0.307 e. The molecule has 0 radical (unpaired) electrons. The van der Waals surface area contributed by atoms with E-state index in [4.69, 9.17) is 5.11 Å². The Morgan fingerprint density at radius 3 is 2.79 bits per heavy atom. The minimum atomic E-state index is -0.686. The van der Waals surface area contributed by atoms with Crippen LogP contribution in [0.4, 0.5) is 0 Å². The quantitative estimate of drug-likeness (QED) is 0.749. The van der Waals surface area contributed by atoms with Crippen LogP contribution in [0.15, 0.2) is 23.8 Å². The number of hydrogen-bond donors (Lipinski definition) is 1. The molecule has 0 aromatic rings. The lowest BCUT2D eigenvalue weighted by Crippen LogP contribution is -2.32. The third-order valence-electron chi connectivity index (χ3n) is 3.02. The van der Waals surface area contributed by atoms with Gasteiger partial charge in [0.1, 0.15) is 0 Å². The third-order valence-corrected chi connectivity index (χ3v) is 3.02. The highest BCUT2D eigenvalue weighted by atomic mass is 16.4. The van der Waals surface area contributed by atoms with Crippen molar-refractivity contribution in [2.45, 2.75) is 33.6 Å². The van der Waals surface area contributed by atoms with Gasteiger partial charge in [-0.1, -0.05) is 37.6 Å². The van der Waals surface area contributed by atoms with E-state index in [0.717, 1.165) is 6.42 Å². The van der Waals surface area contributed by atoms with Crippen molar-refractivity contribution in [1.29, 1.82) is 0 Å². The summed E-state index contributed by atoms with van der Waals surface area (Å²) in [6, 6.07) is 0. The maximum Gasteiger partial charge on any atom is 0.307 e. The van der Waals surface area contributed by atoms with Gasteiger partial charge in [0.05, 0.1) is 5.92 Å². The van der Waals surface area contributed by atoms with E-state index in [1.807, 2.05) is 26.0 Å². The highest BCUT2D eigenvalue weighted by molar-refractivity contribution is 5.71. The normalized spacial score (nSPS) is 28.4. The van der Waals surface area contributed by atoms with Crippen LogP contribution in [-0.2, 0) is 4.79 Å². The van der Waals surface area contributed by atoms with E-state index in [1.165, 1.54) is 5.57 Å². The van der Waals surface area contributed by atoms with Gasteiger partial charge in [-0.15, -0.1) is 0 Å². The van der Waals surface area contributed by atoms with Crippen molar-refractivity contribution in [1.82, 2.24) is 0 Å². The zero-order valence-electron chi connectivity index (χ0n) is 9.08. The summed E-state index contributed by atoms with van der Waals surface area (Å²) in [5.41, 5.74) is 1.05. The summed E-state index contributed by atoms with van der Waals surface area (Å²) in [5.74, 6) is -0.961. The van der Waals surface area contributed by atoms with Crippen molar-refractivity contribution < 1.29 is 9.90 Å². The predicted molar refractivity (Wildman–Crippen MR) is 57.0 cm³/mol. The van der Waals surface area contributed by atoms with Crippen molar-refractivity contribution in [2.24, 2.45) is 11.3 Å². The number of allylic oxidation sites excluding steroid dienone is 4. The second-order valence-corrected chi connectivity index (χ2v) is 4.35. The molecular formula is C12H18O2. The van der Waals surface area contributed by atoms with Crippen LogP contribution in [0.1, 0.15) is 33.6 Å². The molecule has 0 bridgehead atoms. The van der Waals surface area contributed by atoms with Crippen molar-refractivity contribution >= 4 is 5.97 Å². The van der Waals surface area contributed by atoms with Crippen molar-refractivity contribution in [2.75, 3.05) is 0 Å². The van der Waals surface area contributed by atoms with Gasteiger partial charge in [-0.05, 0) is 19.8 Å². The topological polar surface area (TPSA) is 37.3 Å². The van der Waals surface area contributed by atoms with Gasteiger partial charge in [0.2, 0.25) is 0 Å². The first-order valence-corrected chi connectivity index (χ1v) is 5.07. The van der Waals surface area contributed by atoms with Crippen LogP contribution in [0.25, 0.3) is 0 Å². The lowest BCUT2D eigenvalue weighted by atomic mass is 9.70. The molecule has 14 heavy (non-hydrogen) atoms. The summed E-state index contributed by atoms with van der Waals surface area (Å²) in [5, 5.41) is 9.12. The molecule has 0 spiro atoms. The molecule has 0 saturated carbocycles. The van der Waals surface area contributed by atoms with Gasteiger partial charge < -0.3 is 5.11 Å². The number of carboxylic acids is 1. The molecule has 1 aliphatic rings. The molecule has 2 nitrogen and oxygen atoms in total. The zero-order chi connectivity index (χ0) is 10.8. The lowest BCUT2D eigenvalue weighted by Gasteiger charge is -2.34. The molecular weight excluding hydrogens is 176 g/mol. The average molecular weight is 194 g/mol. The van der Waals surface area contributed by atoms with E-state index in [9.17, 15) is 4.79 Å². The first-order chi connectivity index (χ1) is 6.49. The van der Waals surface area contributed by atoms with Gasteiger partial charge in [0, 0.05) is 5.41 Å². The molecule has 1 aliphatic carbocycles. The Morgan fingerprint density at radius 2 is 2.36 bits per heavy atom. The Kier molecular flexibility index (Phi) is 3.14. The third kappa shape index (κ3) is 2.06. The molecule has 0 fully saturated rings. The van der Waals surface area contributed by atoms with Crippen LogP contribution in [0.5, 0.6) is 0 Å².